The molecule has 1 aromatic carbocycles. The minimum absolute atomic E-state index is 0.0977. The number of halogens is 3. The number of nitrogen functional groups attached to an aromatic ring is 1. The topological polar surface area (TPSA) is 98.0 Å². The Hall–Kier alpha value is -1.64. The van der Waals surface area contributed by atoms with Crippen LogP contribution >= 0.6 is 23.2 Å². The number of rotatable bonds is 3. The summed E-state index contributed by atoms with van der Waals surface area (Å²) in [4.78, 5) is 6.57. The Kier molecular flexibility index (Phi) is 3.98. The van der Waals surface area contributed by atoms with Crippen molar-refractivity contribution >= 4 is 44.6 Å². The van der Waals surface area contributed by atoms with Crippen molar-refractivity contribution in [1.29, 1.82) is 0 Å². The summed E-state index contributed by atoms with van der Waals surface area (Å²) in [6.07, 6.45) is 1.06. The van der Waals surface area contributed by atoms with E-state index in [1.54, 1.807) is 0 Å². The first kappa shape index (κ1) is 14.8. The summed E-state index contributed by atoms with van der Waals surface area (Å²) in [5, 5.41) is -0.408. The molecule has 2 rings (SSSR count). The molecule has 2 aromatic rings. The number of aromatic nitrogens is 2. The Bertz CT molecular complexity index is 750. The highest BCUT2D eigenvalue weighted by atomic mass is 35.5. The predicted octanol–water partition coefficient (Wildman–Crippen LogP) is 2.31. The molecule has 1 aromatic heterocycles. The summed E-state index contributed by atoms with van der Waals surface area (Å²) < 4.78 is 39.8. The standard InChI is InChI=1S/C10H7Cl2FN4O2S/c11-9-8(10(12)16-4-15-9)17-20(18,19)7-2-1-5(14)3-6(7)13/h1-4,17H,14H2. The van der Waals surface area contributed by atoms with E-state index in [0.717, 1.165) is 18.5 Å². The van der Waals surface area contributed by atoms with Crippen LogP contribution in [0.1, 0.15) is 0 Å². The molecule has 1 heterocycles. The molecule has 0 aliphatic heterocycles. The van der Waals surface area contributed by atoms with Gasteiger partial charge < -0.3 is 5.73 Å². The van der Waals surface area contributed by atoms with Crippen molar-refractivity contribution < 1.29 is 12.8 Å². The van der Waals surface area contributed by atoms with Crippen LogP contribution in [0.2, 0.25) is 10.3 Å². The molecule has 0 saturated carbocycles. The molecule has 3 N–H and O–H groups in total. The molecule has 0 spiro atoms. The minimum Gasteiger partial charge on any atom is -0.399 e. The van der Waals surface area contributed by atoms with Gasteiger partial charge in [-0.1, -0.05) is 23.2 Å². The lowest BCUT2D eigenvalue weighted by molar-refractivity contribution is 0.571. The third-order valence-corrected chi connectivity index (χ3v) is 4.19. The van der Waals surface area contributed by atoms with Crippen molar-refractivity contribution in [3.05, 3.63) is 40.6 Å². The fourth-order valence-corrected chi connectivity index (χ4v) is 3.01. The fourth-order valence-electron chi connectivity index (χ4n) is 1.35. The van der Waals surface area contributed by atoms with Gasteiger partial charge in [0, 0.05) is 5.69 Å². The second kappa shape index (κ2) is 5.39. The van der Waals surface area contributed by atoms with E-state index in [4.69, 9.17) is 28.9 Å². The smallest absolute Gasteiger partial charge is 0.265 e. The van der Waals surface area contributed by atoms with Crippen LogP contribution in [-0.4, -0.2) is 18.4 Å². The summed E-state index contributed by atoms with van der Waals surface area (Å²) in [7, 11) is -4.24. The summed E-state index contributed by atoms with van der Waals surface area (Å²) in [5.41, 5.74) is 5.22. The molecule has 0 aliphatic carbocycles. The Balaban J connectivity index is 2.46. The SMILES string of the molecule is Nc1ccc(S(=O)(=O)Nc2c(Cl)ncnc2Cl)c(F)c1. The normalized spacial score (nSPS) is 11.3. The highest BCUT2D eigenvalue weighted by Crippen LogP contribution is 2.29. The van der Waals surface area contributed by atoms with Crippen LogP contribution in [0, 0.1) is 5.82 Å². The van der Waals surface area contributed by atoms with Crippen molar-refractivity contribution in [2.24, 2.45) is 0 Å². The van der Waals surface area contributed by atoms with Gasteiger partial charge in [-0.05, 0) is 18.2 Å². The molecule has 0 unspecified atom stereocenters. The second-order valence-electron chi connectivity index (χ2n) is 3.63. The molecule has 10 heteroatoms. The molecule has 106 valence electrons. The maximum Gasteiger partial charge on any atom is 0.265 e. The number of anilines is 2. The minimum atomic E-state index is -4.24. The monoisotopic (exact) mass is 336 g/mol. The summed E-state index contributed by atoms with van der Waals surface area (Å²) in [6, 6.07) is 3.17. The molecule has 0 amide bonds. The van der Waals surface area contributed by atoms with Gasteiger partial charge in [0.1, 0.15) is 22.7 Å². The number of sulfonamides is 1. The Morgan fingerprint density at radius 1 is 1.20 bits per heavy atom. The van der Waals surface area contributed by atoms with Crippen LogP contribution in [0.15, 0.2) is 29.4 Å². The first-order valence-corrected chi connectivity index (χ1v) is 7.29. The number of nitrogens with zero attached hydrogens (tertiary/aromatic N) is 2. The number of hydrogen-bond donors (Lipinski definition) is 2. The molecule has 20 heavy (non-hydrogen) atoms. The summed E-state index contributed by atoms with van der Waals surface area (Å²) in [6.45, 7) is 0. The van der Waals surface area contributed by atoms with E-state index in [2.05, 4.69) is 9.97 Å². The quantitative estimate of drug-likeness (QED) is 0.662. The van der Waals surface area contributed by atoms with Gasteiger partial charge in [-0.15, -0.1) is 0 Å². The lowest BCUT2D eigenvalue weighted by Crippen LogP contribution is -2.16. The van der Waals surface area contributed by atoms with Crippen LogP contribution in [0.4, 0.5) is 15.8 Å². The predicted molar refractivity (Wildman–Crippen MR) is 73.7 cm³/mol. The first-order valence-electron chi connectivity index (χ1n) is 5.05. The van der Waals surface area contributed by atoms with Gasteiger partial charge in [0.2, 0.25) is 0 Å². The highest BCUT2D eigenvalue weighted by Gasteiger charge is 2.22. The van der Waals surface area contributed by atoms with E-state index in [0.29, 0.717) is 0 Å². The van der Waals surface area contributed by atoms with Gasteiger partial charge in [-0.3, -0.25) is 4.72 Å². The molecule has 0 fully saturated rings. The van der Waals surface area contributed by atoms with Crippen LogP contribution in [0.25, 0.3) is 0 Å². The van der Waals surface area contributed by atoms with Crippen molar-refractivity contribution in [2.45, 2.75) is 4.90 Å². The molecule has 0 aliphatic rings. The van der Waals surface area contributed by atoms with E-state index in [1.165, 1.54) is 6.07 Å². The average molecular weight is 337 g/mol. The van der Waals surface area contributed by atoms with E-state index < -0.39 is 20.7 Å². The fraction of sp³-hybridized carbons (Fsp3) is 0. The largest absolute Gasteiger partial charge is 0.399 e. The van der Waals surface area contributed by atoms with E-state index in [-0.39, 0.29) is 21.7 Å². The molecule has 0 radical (unpaired) electrons. The summed E-state index contributed by atoms with van der Waals surface area (Å²) >= 11 is 11.4. The third kappa shape index (κ3) is 2.92. The van der Waals surface area contributed by atoms with Crippen molar-refractivity contribution in [1.82, 2.24) is 9.97 Å². The van der Waals surface area contributed by atoms with Crippen LogP contribution in [0.5, 0.6) is 0 Å². The van der Waals surface area contributed by atoms with Gasteiger partial charge >= 0.3 is 0 Å². The molecular formula is C10H7Cl2FN4O2S. The number of hydrogen-bond acceptors (Lipinski definition) is 5. The molecule has 0 atom stereocenters. The van der Waals surface area contributed by atoms with Gasteiger partial charge in [-0.2, -0.15) is 0 Å². The van der Waals surface area contributed by atoms with Gasteiger partial charge in [-0.25, -0.2) is 22.8 Å². The van der Waals surface area contributed by atoms with Crippen molar-refractivity contribution in [3.8, 4) is 0 Å². The lowest BCUT2D eigenvalue weighted by Gasteiger charge is -2.10. The van der Waals surface area contributed by atoms with Gasteiger partial charge in [0.15, 0.2) is 10.3 Å². The molecule has 6 nitrogen and oxygen atoms in total. The Morgan fingerprint density at radius 2 is 1.80 bits per heavy atom. The maximum absolute atomic E-state index is 13.7. The van der Waals surface area contributed by atoms with Crippen molar-refractivity contribution in [3.63, 3.8) is 0 Å². The molecular weight excluding hydrogens is 330 g/mol. The zero-order chi connectivity index (χ0) is 14.9. The maximum atomic E-state index is 13.7. The van der Waals surface area contributed by atoms with E-state index in [9.17, 15) is 12.8 Å². The van der Waals surface area contributed by atoms with Gasteiger partial charge in [0.25, 0.3) is 10.0 Å². The summed E-state index contributed by atoms with van der Waals surface area (Å²) in [5.74, 6) is -0.999. The lowest BCUT2D eigenvalue weighted by atomic mass is 10.3. The zero-order valence-corrected chi connectivity index (χ0v) is 12.0. The van der Waals surface area contributed by atoms with E-state index >= 15 is 0 Å². The first-order chi connectivity index (χ1) is 9.31. The molecule has 0 bridgehead atoms. The Labute approximate surface area is 123 Å². The van der Waals surface area contributed by atoms with Crippen LogP contribution < -0.4 is 10.5 Å². The molecule has 0 saturated heterocycles. The zero-order valence-electron chi connectivity index (χ0n) is 9.64. The Morgan fingerprint density at radius 3 is 2.35 bits per heavy atom. The number of nitrogens with one attached hydrogen (secondary N) is 1. The van der Waals surface area contributed by atoms with Crippen LogP contribution in [-0.2, 0) is 10.0 Å². The highest BCUT2D eigenvalue weighted by molar-refractivity contribution is 7.92. The van der Waals surface area contributed by atoms with Gasteiger partial charge in [0.05, 0.1) is 0 Å². The number of nitrogens with two attached hydrogens (primary N) is 1. The average Bonchev–Trinajstić information content (AvgIpc) is 2.33. The third-order valence-electron chi connectivity index (χ3n) is 2.24. The second-order valence-corrected chi connectivity index (χ2v) is 5.99. The number of benzene rings is 1. The van der Waals surface area contributed by atoms with Crippen molar-refractivity contribution in [2.75, 3.05) is 10.5 Å². The van der Waals surface area contributed by atoms with E-state index in [1.807, 2.05) is 4.72 Å². The van der Waals surface area contributed by atoms with Crippen LogP contribution in [0.3, 0.4) is 0 Å².